The molecule has 0 saturated carbocycles. The second-order valence-corrected chi connectivity index (χ2v) is 1.00. The molecule has 1 rings (SSSR count). The first-order valence-electron chi connectivity index (χ1n) is 2.53. The summed E-state index contributed by atoms with van der Waals surface area (Å²) in [7, 11) is 1.50. The zero-order chi connectivity index (χ0) is 7.54. The predicted molar refractivity (Wildman–Crippen MR) is 33.4 cm³/mol. The number of hydrogen-bond donors (Lipinski definition) is 0. The van der Waals surface area contributed by atoms with Crippen LogP contribution >= 0.6 is 0 Å². The smallest absolute Gasteiger partial charge is 0.857 e. The van der Waals surface area contributed by atoms with Crippen LogP contribution < -0.4 is 10.2 Å². The minimum absolute atomic E-state index is 0. The molecule has 0 N–H and O–H groups in total. The van der Waals surface area contributed by atoms with E-state index >= 15 is 0 Å². The number of allylic oxidation sites excluding steroid dienone is 4. The first-order valence-corrected chi connectivity index (χ1v) is 2.53. The normalized spacial score (nSPS) is 10.0. The molecule has 0 bridgehead atoms. The van der Waals surface area contributed by atoms with E-state index in [0.717, 1.165) is 20.6 Å². The van der Waals surface area contributed by atoms with E-state index in [9.17, 15) is 0 Å². The summed E-state index contributed by atoms with van der Waals surface area (Å²) in [4.78, 5) is 0. The second-order valence-electron chi connectivity index (χ2n) is 1.00. The summed E-state index contributed by atoms with van der Waals surface area (Å²) in [6.07, 6.45) is 10.0. The van der Waals surface area contributed by atoms with Crippen LogP contribution in [0.25, 0.3) is 0 Å². The molecule has 0 aromatic heterocycles. The monoisotopic (exact) mass is 178 g/mol. The van der Waals surface area contributed by atoms with Crippen molar-refractivity contribution in [2.75, 3.05) is 14.2 Å². The summed E-state index contributed by atoms with van der Waals surface area (Å²) in [5.74, 6) is 0. The van der Waals surface area contributed by atoms with E-state index in [1.807, 2.05) is 12.2 Å². The Hall–Kier alpha value is -0.0156. The molecule has 57 valence electrons. The average Bonchev–Trinajstić information content (AvgIpc) is 2.51. The van der Waals surface area contributed by atoms with Crippen molar-refractivity contribution in [2.45, 2.75) is 6.42 Å². The van der Waals surface area contributed by atoms with Gasteiger partial charge in [0.2, 0.25) is 0 Å². The van der Waals surface area contributed by atoms with Crippen molar-refractivity contribution in [1.82, 2.24) is 0 Å². The fraction of sp³-hybridized carbons (Fsp3) is 0.429. The van der Waals surface area contributed by atoms with E-state index in [-0.39, 0.29) is 18.6 Å². The zero-order valence-electron chi connectivity index (χ0n) is 6.20. The molecule has 0 fully saturated rings. The van der Waals surface area contributed by atoms with Gasteiger partial charge in [0.05, 0.1) is 0 Å². The van der Waals surface area contributed by atoms with Gasteiger partial charge in [-0.2, -0.15) is 20.3 Å². The van der Waals surface area contributed by atoms with E-state index in [1.165, 1.54) is 0 Å². The van der Waals surface area contributed by atoms with E-state index < -0.39 is 0 Å². The van der Waals surface area contributed by atoms with Crippen molar-refractivity contribution in [3.05, 3.63) is 24.3 Å². The van der Waals surface area contributed by atoms with Gasteiger partial charge in [0.25, 0.3) is 0 Å². The SMILES string of the molecule is C[O-].C[O-].[C-]1=CC=CC1.[V+2]. The number of hydrogen-bond acceptors (Lipinski definition) is 2. The van der Waals surface area contributed by atoms with Crippen molar-refractivity contribution in [2.24, 2.45) is 0 Å². The predicted octanol–water partition coefficient (Wildman–Crippen LogP) is -0.744. The van der Waals surface area contributed by atoms with E-state index in [1.54, 1.807) is 0 Å². The van der Waals surface area contributed by atoms with Crippen molar-refractivity contribution >= 4 is 0 Å². The van der Waals surface area contributed by atoms with Gasteiger partial charge in [-0.05, 0) is 0 Å². The van der Waals surface area contributed by atoms with Gasteiger partial charge in [0, 0.05) is 0 Å². The van der Waals surface area contributed by atoms with Crippen molar-refractivity contribution < 1.29 is 28.8 Å². The quantitative estimate of drug-likeness (QED) is 0.458. The molecule has 0 saturated heterocycles. The van der Waals surface area contributed by atoms with Gasteiger partial charge in [-0.15, -0.1) is 6.42 Å². The Morgan fingerprint density at radius 1 is 1.20 bits per heavy atom. The Morgan fingerprint density at radius 2 is 1.70 bits per heavy atom. The van der Waals surface area contributed by atoms with Crippen molar-refractivity contribution in [3.8, 4) is 0 Å². The molecular weight excluding hydrogens is 167 g/mol. The summed E-state index contributed by atoms with van der Waals surface area (Å²) < 4.78 is 0. The molecule has 0 aromatic rings. The van der Waals surface area contributed by atoms with Gasteiger partial charge in [-0.25, -0.2) is 12.2 Å². The Bertz CT molecular complexity index is 69.7. The molecule has 1 aliphatic rings. The summed E-state index contributed by atoms with van der Waals surface area (Å²) in [5.41, 5.74) is 0. The fourth-order valence-electron chi connectivity index (χ4n) is 0.340. The van der Waals surface area contributed by atoms with Gasteiger partial charge >= 0.3 is 18.6 Å². The van der Waals surface area contributed by atoms with Gasteiger partial charge in [0.15, 0.2) is 0 Å². The molecule has 0 aliphatic heterocycles. The van der Waals surface area contributed by atoms with E-state index in [2.05, 4.69) is 12.2 Å². The molecule has 0 unspecified atom stereocenters. The Morgan fingerprint density at radius 3 is 1.80 bits per heavy atom. The number of rotatable bonds is 0. The minimum Gasteiger partial charge on any atom is -0.857 e. The first kappa shape index (κ1) is 16.5. The summed E-state index contributed by atoms with van der Waals surface area (Å²) in [6, 6.07) is 0. The maximum absolute atomic E-state index is 8.25. The molecular formula is C7H11O2V-. The van der Waals surface area contributed by atoms with Gasteiger partial charge in [0.1, 0.15) is 0 Å². The third-order valence-corrected chi connectivity index (χ3v) is 0.586. The molecule has 2 nitrogen and oxygen atoms in total. The van der Waals surface area contributed by atoms with Crippen LogP contribution in [0.2, 0.25) is 0 Å². The maximum Gasteiger partial charge on any atom is 2.00 e. The summed E-state index contributed by atoms with van der Waals surface area (Å²) in [5, 5.41) is 16.5. The largest absolute Gasteiger partial charge is 2.00 e. The third-order valence-electron chi connectivity index (χ3n) is 0.586. The molecule has 0 spiro atoms. The molecule has 0 heterocycles. The van der Waals surface area contributed by atoms with Gasteiger partial charge < -0.3 is 10.2 Å². The van der Waals surface area contributed by atoms with Crippen molar-refractivity contribution in [1.29, 1.82) is 0 Å². The zero-order valence-corrected chi connectivity index (χ0v) is 7.60. The van der Waals surface area contributed by atoms with Crippen LogP contribution in [-0.4, -0.2) is 14.2 Å². The van der Waals surface area contributed by atoms with Crippen LogP contribution in [0.3, 0.4) is 0 Å². The molecule has 0 atom stereocenters. The van der Waals surface area contributed by atoms with Crippen LogP contribution in [0.1, 0.15) is 6.42 Å². The van der Waals surface area contributed by atoms with Crippen LogP contribution in [-0.2, 0) is 18.6 Å². The molecule has 3 heteroatoms. The standard InChI is InChI=1S/C5H5.2CH3O.V/c1-2-4-5-3-1;2*1-2;/h1-3H,4H2;2*1H3;/q3*-1;+2. The van der Waals surface area contributed by atoms with Crippen molar-refractivity contribution in [3.63, 3.8) is 0 Å². The van der Waals surface area contributed by atoms with Crippen LogP contribution in [0.15, 0.2) is 18.2 Å². The Kier molecular flexibility index (Phi) is 38.1. The maximum atomic E-state index is 8.25. The fourth-order valence-corrected chi connectivity index (χ4v) is 0.340. The minimum atomic E-state index is 0. The van der Waals surface area contributed by atoms with Crippen LogP contribution in [0.5, 0.6) is 0 Å². The summed E-state index contributed by atoms with van der Waals surface area (Å²) >= 11 is 0. The first-order chi connectivity index (χ1) is 4.50. The Balaban J connectivity index is -0.0000000875. The molecule has 0 aromatic carbocycles. The van der Waals surface area contributed by atoms with Gasteiger partial charge in [-0.1, -0.05) is 0 Å². The van der Waals surface area contributed by atoms with Gasteiger partial charge in [-0.3, -0.25) is 6.08 Å². The van der Waals surface area contributed by atoms with Crippen LogP contribution in [0.4, 0.5) is 0 Å². The molecule has 1 radical (unpaired) electrons. The summed E-state index contributed by atoms with van der Waals surface area (Å²) in [6.45, 7) is 0. The molecule has 10 heavy (non-hydrogen) atoms. The van der Waals surface area contributed by atoms with E-state index in [0.29, 0.717) is 0 Å². The van der Waals surface area contributed by atoms with E-state index in [4.69, 9.17) is 10.2 Å². The molecule has 1 aliphatic carbocycles. The second kappa shape index (κ2) is 23.1. The van der Waals surface area contributed by atoms with Crippen LogP contribution in [0, 0.1) is 6.08 Å². The third kappa shape index (κ3) is 15.7. The molecule has 0 amide bonds. The topological polar surface area (TPSA) is 46.1 Å². The average molecular weight is 178 g/mol. The Labute approximate surface area is 74.2 Å².